The van der Waals surface area contributed by atoms with Crippen molar-refractivity contribution in [1.82, 2.24) is 15.5 Å². The van der Waals surface area contributed by atoms with Gasteiger partial charge in [-0.25, -0.2) is 4.79 Å². The number of aliphatic hydroxyl groups excluding tert-OH is 1. The SMILES string of the molecule is NC(=O)CCC(NC(=O)C(CO)NC(=O)C1CCCN1C(=O)C(N)CCCN=C(N)N)C(=O)O. The third-order valence-corrected chi connectivity index (χ3v) is 5.23. The van der Waals surface area contributed by atoms with Gasteiger partial charge in [-0.3, -0.25) is 24.2 Å². The van der Waals surface area contributed by atoms with Crippen molar-refractivity contribution in [2.24, 2.45) is 27.9 Å². The van der Waals surface area contributed by atoms with Crippen molar-refractivity contribution in [2.75, 3.05) is 19.7 Å². The summed E-state index contributed by atoms with van der Waals surface area (Å²) in [7, 11) is 0. The zero-order valence-corrected chi connectivity index (χ0v) is 18.8. The summed E-state index contributed by atoms with van der Waals surface area (Å²) in [5, 5.41) is 23.3. The van der Waals surface area contributed by atoms with Gasteiger partial charge in [0.1, 0.15) is 18.1 Å². The Hall–Kier alpha value is -3.46. The van der Waals surface area contributed by atoms with Gasteiger partial charge in [0.2, 0.25) is 23.6 Å². The topological polar surface area (TPSA) is 270 Å². The summed E-state index contributed by atoms with van der Waals surface area (Å²) >= 11 is 0. The number of primary amides is 1. The van der Waals surface area contributed by atoms with Crippen LogP contribution < -0.4 is 33.6 Å². The predicted molar refractivity (Wildman–Crippen MR) is 120 cm³/mol. The molecule has 192 valence electrons. The van der Waals surface area contributed by atoms with Crippen molar-refractivity contribution in [3.8, 4) is 0 Å². The Morgan fingerprint density at radius 2 is 1.74 bits per heavy atom. The molecule has 4 unspecified atom stereocenters. The van der Waals surface area contributed by atoms with Crippen molar-refractivity contribution in [3.63, 3.8) is 0 Å². The summed E-state index contributed by atoms with van der Waals surface area (Å²) in [6.45, 7) is -0.218. The summed E-state index contributed by atoms with van der Waals surface area (Å²) < 4.78 is 0. The third kappa shape index (κ3) is 9.19. The van der Waals surface area contributed by atoms with Gasteiger partial charge in [-0.15, -0.1) is 0 Å². The van der Waals surface area contributed by atoms with Gasteiger partial charge in [0.05, 0.1) is 12.6 Å². The maximum atomic E-state index is 12.8. The van der Waals surface area contributed by atoms with Gasteiger partial charge < -0.3 is 48.7 Å². The number of nitrogens with one attached hydrogen (secondary N) is 2. The van der Waals surface area contributed by atoms with Gasteiger partial charge in [-0.2, -0.15) is 0 Å². The molecule has 1 rings (SSSR count). The van der Waals surface area contributed by atoms with Crippen LogP contribution in [0.5, 0.6) is 0 Å². The highest BCUT2D eigenvalue weighted by Gasteiger charge is 2.37. The van der Waals surface area contributed by atoms with Gasteiger partial charge in [0.15, 0.2) is 5.96 Å². The number of hydrogen-bond acceptors (Lipinski definition) is 8. The summed E-state index contributed by atoms with van der Waals surface area (Å²) in [5.41, 5.74) is 21.4. The third-order valence-electron chi connectivity index (χ3n) is 5.23. The van der Waals surface area contributed by atoms with E-state index < -0.39 is 60.4 Å². The molecule has 1 saturated heterocycles. The molecule has 0 aliphatic carbocycles. The van der Waals surface area contributed by atoms with Crippen LogP contribution in [0.1, 0.15) is 38.5 Å². The van der Waals surface area contributed by atoms with Gasteiger partial charge >= 0.3 is 5.97 Å². The second-order valence-electron chi connectivity index (χ2n) is 7.89. The normalized spacial score (nSPS) is 17.8. The van der Waals surface area contributed by atoms with E-state index in [9.17, 15) is 34.2 Å². The molecular weight excluding hydrogens is 452 g/mol. The molecule has 0 aromatic carbocycles. The van der Waals surface area contributed by atoms with E-state index in [0.717, 1.165) is 0 Å². The van der Waals surface area contributed by atoms with Crippen LogP contribution in [0.2, 0.25) is 0 Å². The molecule has 0 spiro atoms. The first kappa shape index (κ1) is 28.6. The number of guanidine groups is 1. The van der Waals surface area contributed by atoms with Crippen molar-refractivity contribution in [2.45, 2.75) is 62.7 Å². The fraction of sp³-hybridized carbons (Fsp3) is 0.684. The van der Waals surface area contributed by atoms with Crippen LogP contribution in [0.25, 0.3) is 0 Å². The minimum Gasteiger partial charge on any atom is -0.480 e. The molecular formula is C19H34N8O7. The first-order valence-electron chi connectivity index (χ1n) is 10.8. The van der Waals surface area contributed by atoms with Gasteiger partial charge in [0, 0.05) is 19.5 Å². The molecule has 1 aliphatic rings. The number of hydrogen-bond donors (Lipinski definition) is 8. The van der Waals surface area contributed by atoms with Crippen molar-refractivity contribution >= 4 is 35.6 Å². The maximum absolute atomic E-state index is 12.8. The minimum absolute atomic E-state index is 0.0683. The molecule has 1 fully saturated rings. The number of likely N-dealkylation sites (tertiary alicyclic amines) is 1. The Labute approximate surface area is 196 Å². The first-order valence-corrected chi connectivity index (χ1v) is 10.8. The average Bonchev–Trinajstić information content (AvgIpc) is 3.26. The molecule has 1 aliphatic heterocycles. The van der Waals surface area contributed by atoms with Crippen LogP contribution in [-0.2, 0) is 24.0 Å². The number of aliphatic carboxylic acids is 1. The number of carbonyl (C=O) groups excluding carboxylic acids is 4. The Kier molecular flexibility index (Phi) is 11.7. The van der Waals surface area contributed by atoms with E-state index in [-0.39, 0.29) is 18.8 Å². The molecule has 0 aromatic heterocycles. The van der Waals surface area contributed by atoms with E-state index in [1.807, 2.05) is 0 Å². The lowest BCUT2D eigenvalue weighted by Gasteiger charge is -2.28. The zero-order chi connectivity index (χ0) is 25.8. The number of carboxylic acids is 1. The molecule has 0 saturated carbocycles. The van der Waals surface area contributed by atoms with Crippen LogP contribution in [0.15, 0.2) is 4.99 Å². The van der Waals surface area contributed by atoms with Crippen LogP contribution in [0, 0.1) is 0 Å². The quantitative estimate of drug-likeness (QED) is 0.0664. The van der Waals surface area contributed by atoms with E-state index in [2.05, 4.69) is 15.6 Å². The van der Waals surface area contributed by atoms with Gasteiger partial charge in [0.25, 0.3) is 0 Å². The fourth-order valence-electron chi connectivity index (χ4n) is 3.44. The molecule has 4 amide bonds. The maximum Gasteiger partial charge on any atom is 0.326 e. The number of aliphatic hydroxyl groups is 1. The molecule has 12 N–H and O–H groups in total. The zero-order valence-electron chi connectivity index (χ0n) is 18.8. The highest BCUT2D eigenvalue weighted by atomic mass is 16.4. The largest absolute Gasteiger partial charge is 0.480 e. The number of amides is 4. The minimum atomic E-state index is -1.46. The van der Waals surface area contributed by atoms with Crippen LogP contribution >= 0.6 is 0 Å². The van der Waals surface area contributed by atoms with Gasteiger partial charge in [-0.1, -0.05) is 0 Å². The second kappa shape index (κ2) is 13.9. The van der Waals surface area contributed by atoms with Crippen molar-refractivity contribution in [1.29, 1.82) is 0 Å². The Balaban J connectivity index is 2.72. The van der Waals surface area contributed by atoms with Crippen LogP contribution in [-0.4, -0.2) is 94.5 Å². The molecule has 15 heteroatoms. The predicted octanol–water partition coefficient (Wildman–Crippen LogP) is -4.33. The number of carboxylic acid groups (broad SMARTS) is 1. The van der Waals surface area contributed by atoms with Crippen molar-refractivity contribution in [3.05, 3.63) is 0 Å². The number of rotatable bonds is 14. The average molecular weight is 487 g/mol. The highest BCUT2D eigenvalue weighted by molar-refractivity contribution is 5.94. The molecule has 0 bridgehead atoms. The molecule has 34 heavy (non-hydrogen) atoms. The fourth-order valence-corrected chi connectivity index (χ4v) is 3.44. The lowest BCUT2D eigenvalue weighted by Crippen LogP contribution is -2.57. The number of aliphatic imine (C=N–C) groups is 1. The van der Waals surface area contributed by atoms with E-state index in [0.29, 0.717) is 38.8 Å². The van der Waals surface area contributed by atoms with E-state index in [1.165, 1.54) is 4.90 Å². The van der Waals surface area contributed by atoms with E-state index in [1.54, 1.807) is 0 Å². The summed E-state index contributed by atoms with van der Waals surface area (Å²) in [4.78, 5) is 65.2. The molecule has 0 aromatic rings. The molecule has 0 radical (unpaired) electrons. The Morgan fingerprint density at radius 3 is 2.29 bits per heavy atom. The van der Waals surface area contributed by atoms with E-state index in [4.69, 9.17) is 22.9 Å². The smallest absolute Gasteiger partial charge is 0.326 e. The second-order valence-corrected chi connectivity index (χ2v) is 7.89. The Morgan fingerprint density at radius 1 is 1.06 bits per heavy atom. The standard InChI is InChI=1S/C19H34N8O7/c20-10(3-1-7-24-19(22)23)17(32)27-8-2-4-13(27)16(31)26-12(9-28)15(30)25-11(18(33)34)5-6-14(21)29/h10-13,28H,1-9,20H2,(H2,21,29)(H,25,30)(H,26,31)(H,33,34)(H4,22,23,24). The highest BCUT2D eigenvalue weighted by Crippen LogP contribution is 2.19. The molecule has 15 nitrogen and oxygen atoms in total. The number of carbonyl (C=O) groups is 5. The Bertz CT molecular complexity index is 787. The summed E-state index contributed by atoms with van der Waals surface area (Å²) in [5.74, 6) is -4.30. The lowest BCUT2D eigenvalue weighted by molar-refractivity contribution is -0.143. The first-order chi connectivity index (χ1) is 16.0. The van der Waals surface area contributed by atoms with Crippen molar-refractivity contribution < 1.29 is 34.2 Å². The summed E-state index contributed by atoms with van der Waals surface area (Å²) in [6.07, 6.45) is 1.09. The van der Waals surface area contributed by atoms with Crippen LogP contribution in [0.3, 0.4) is 0 Å². The molecule has 4 atom stereocenters. The van der Waals surface area contributed by atoms with Crippen LogP contribution in [0.4, 0.5) is 0 Å². The lowest BCUT2D eigenvalue weighted by atomic mass is 10.1. The monoisotopic (exact) mass is 486 g/mol. The number of nitrogens with two attached hydrogens (primary N) is 4. The summed E-state index contributed by atoms with van der Waals surface area (Å²) in [6, 6.07) is -4.68. The van der Waals surface area contributed by atoms with Gasteiger partial charge in [-0.05, 0) is 32.1 Å². The number of nitrogens with zero attached hydrogens (tertiary/aromatic N) is 2. The molecule has 1 heterocycles. The van der Waals surface area contributed by atoms with E-state index >= 15 is 0 Å².